The number of rotatable bonds is 2. The summed E-state index contributed by atoms with van der Waals surface area (Å²) in [6.45, 7) is 0.669. The topological polar surface area (TPSA) is 76.1 Å². The van der Waals surface area contributed by atoms with Crippen molar-refractivity contribution >= 4 is 11.9 Å². The number of hydrogen-bond acceptors (Lipinski definition) is 4. The first-order chi connectivity index (χ1) is 9.66. The van der Waals surface area contributed by atoms with Crippen LogP contribution in [0.4, 0.5) is 0 Å². The van der Waals surface area contributed by atoms with E-state index in [0.717, 1.165) is 5.56 Å². The zero-order valence-electron chi connectivity index (χ0n) is 10.8. The number of morpholine rings is 1. The summed E-state index contributed by atoms with van der Waals surface area (Å²) in [5, 5.41) is 9.16. The van der Waals surface area contributed by atoms with Crippen LogP contribution < -0.4 is 4.74 Å². The standard InChI is InChI=1S/C14H15NO5/c16-13(15-5-6-19-8-10(15)14(17)18)12-7-9-3-1-2-4-11(9)20-12/h1-4,10,12H,5-8H2,(H,17,18). The molecule has 1 saturated heterocycles. The molecule has 6 nitrogen and oxygen atoms in total. The van der Waals surface area contributed by atoms with Crippen molar-refractivity contribution in [2.45, 2.75) is 18.6 Å². The molecule has 2 atom stereocenters. The highest BCUT2D eigenvalue weighted by molar-refractivity contribution is 5.87. The third kappa shape index (κ3) is 2.22. The van der Waals surface area contributed by atoms with Gasteiger partial charge < -0.3 is 19.5 Å². The number of carboxylic acid groups (broad SMARTS) is 1. The van der Waals surface area contributed by atoms with Gasteiger partial charge in [-0.3, -0.25) is 4.79 Å². The van der Waals surface area contributed by atoms with Crippen molar-refractivity contribution in [1.29, 1.82) is 0 Å². The summed E-state index contributed by atoms with van der Waals surface area (Å²) in [5.41, 5.74) is 0.978. The van der Waals surface area contributed by atoms with Gasteiger partial charge in [0.05, 0.1) is 13.2 Å². The van der Waals surface area contributed by atoms with E-state index in [1.54, 1.807) is 0 Å². The fourth-order valence-electron chi connectivity index (χ4n) is 2.58. The molecule has 2 aliphatic rings. The Bertz CT molecular complexity index is 519. The Balaban J connectivity index is 1.75. The molecule has 0 bridgehead atoms. The lowest BCUT2D eigenvalue weighted by atomic mass is 10.1. The monoisotopic (exact) mass is 277 g/mol. The summed E-state index contributed by atoms with van der Waals surface area (Å²) in [6, 6.07) is 6.54. The second-order valence-corrected chi connectivity index (χ2v) is 4.88. The molecular weight excluding hydrogens is 262 g/mol. The molecule has 106 valence electrons. The van der Waals surface area contributed by atoms with Crippen LogP contribution in [-0.2, 0) is 20.7 Å². The maximum Gasteiger partial charge on any atom is 0.328 e. The van der Waals surface area contributed by atoms with Crippen molar-refractivity contribution in [3.8, 4) is 5.75 Å². The number of carboxylic acids is 1. The lowest BCUT2D eigenvalue weighted by Gasteiger charge is -2.34. The molecule has 0 spiro atoms. The van der Waals surface area contributed by atoms with Crippen LogP contribution in [-0.4, -0.2) is 53.8 Å². The molecule has 0 aliphatic carbocycles. The zero-order valence-corrected chi connectivity index (χ0v) is 10.8. The fraction of sp³-hybridized carbons (Fsp3) is 0.429. The molecule has 0 radical (unpaired) electrons. The molecule has 1 fully saturated rings. The van der Waals surface area contributed by atoms with E-state index in [1.807, 2.05) is 24.3 Å². The second kappa shape index (κ2) is 5.13. The van der Waals surface area contributed by atoms with Gasteiger partial charge in [-0.1, -0.05) is 18.2 Å². The Labute approximate surface area is 115 Å². The van der Waals surface area contributed by atoms with Crippen LogP contribution in [0, 0.1) is 0 Å². The maximum absolute atomic E-state index is 12.5. The fourth-order valence-corrected chi connectivity index (χ4v) is 2.58. The molecule has 6 heteroatoms. The average molecular weight is 277 g/mol. The SMILES string of the molecule is O=C(O)C1COCCN1C(=O)C1Cc2ccccc2O1. The van der Waals surface area contributed by atoms with Crippen LogP contribution in [0.15, 0.2) is 24.3 Å². The Hall–Kier alpha value is -2.08. The number of carbonyl (C=O) groups is 2. The van der Waals surface area contributed by atoms with Crippen LogP contribution in [0.1, 0.15) is 5.56 Å². The number of benzene rings is 1. The van der Waals surface area contributed by atoms with Gasteiger partial charge in [0.1, 0.15) is 5.75 Å². The summed E-state index contributed by atoms with van der Waals surface area (Å²) < 4.78 is 10.8. The Kier molecular flexibility index (Phi) is 3.31. The van der Waals surface area contributed by atoms with E-state index in [2.05, 4.69) is 0 Å². The van der Waals surface area contributed by atoms with E-state index in [0.29, 0.717) is 18.8 Å². The number of nitrogens with zero attached hydrogens (tertiary/aromatic N) is 1. The molecule has 2 unspecified atom stereocenters. The van der Waals surface area contributed by atoms with Gasteiger partial charge >= 0.3 is 5.97 Å². The Morgan fingerprint density at radius 2 is 2.10 bits per heavy atom. The molecular formula is C14H15NO5. The maximum atomic E-state index is 12.5. The molecule has 2 aliphatic heterocycles. The van der Waals surface area contributed by atoms with Gasteiger partial charge in [-0.05, 0) is 11.6 Å². The minimum Gasteiger partial charge on any atom is -0.480 e. The van der Waals surface area contributed by atoms with Gasteiger partial charge in [-0.15, -0.1) is 0 Å². The van der Waals surface area contributed by atoms with Gasteiger partial charge in [-0.2, -0.15) is 0 Å². The Morgan fingerprint density at radius 3 is 2.85 bits per heavy atom. The van der Waals surface area contributed by atoms with Crippen molar-refractivity contribution in [3.63, 3.8) is 0 Å². The summed E-state index contributed by atoms with van der Waals surface area (Å²) >= 11 is 0. The molecule has 0 aromatic heterocycles. The van der Waals surface area contributed by atoms with Crippen molar-refractivity contribution in [3.05, 3.63) is 29.8 Å². The van der Waals surface area contributed by atoms with Crippen molar-refractivity contribution in [1.82, 2.24) is 4.90 Å². The number of hydrogen-bond donors (Lipinski definition) is 1. The predicted molar refractivity (Wildman–Crippen MR) is 68.5 cm³/mol. The van der Waals surface area contributed by atoms with E-state index < -0.39 is 18.1 Å². The van der Waals surface area contributed by atoms with E-state index in [9.17, 15) is 9.59 Å². The van der Waals surface area contributed by atoms with Gasteiger partial charge in [0.2, 0.25) is 0 Å². The van der Waals surface area contributed by atoms with Crippen LogP contribution in [0.2, 0.25) is 0 Å². The summed E-state index contributed by atoms with van der Waals surface area (Å²) in [7, 11) is 0. The highest BCUT2D eigenvalue weighted by atomic mass is 16.5. The summed E-state index contributed by atoms with van der Waals surface area (Å²) in [4.78, 5) is 25.0. The van der Waals surface area contributed by atoms with E-state index >= 15 is 0 Å². The lowest BCUT2D eigenvalue weighted by molar-refractivity contribution is -0.161. The highest BCUT2D eigenvalue weighted by Crippen LogP contribution is 2.29. The first-order valence-electron chi connectivity index (χ1n) is 6.52. The van der Waals surface area contributed by atoms with Gasteiger partial charge in [0.25, 0.3) is 5.91 Å². The number of para-hydroxylation sites is 1. The van der Waals surface area contributed by atoms with Gasteiger partial charge in [0.15, 0.2) is 12.1 Å². The Morgan fingerprint density at radius 1 is 1.30 bits per heavy atom. The quantitative estimate of drug-likeness (QED) is 0.841. The summed E-state index contributed by atoms with van der Waals surface area (Å²) in [5.74, 6) is -0.628. The number of ether oxygens (including phenoxy) is 2. The van der Waals surface area contributed by atoms with Crippen LogP contribution in [0.3, 0.4) is 0 Å². The third-order valence-corrected chi connectivity index (χ3v) is 3.62. The molecule has 2 heterocycles. The second-order valence-electron chi connectivity index (χ2n) is 4.88. The number of carbonyl (C=O) groups excluding carboxylic acids is 1. The average Bonchev–Trinajstić information content (AvgIpc) is 2.90. The lowest BCUT2D eigenvalue weighted by Crippen LogP contribution is -2.56. The smallest absolute Gasteiger partial charge is 0.328 e. The molecule has 3 rings (SSSR count). The van der Waals surface area contributed by atoms with Gasteiger partial charge in [0, 0.05) is 13.0 Å². The zero-order chi connectivity index (χ0) is 14.1. The largest absolute Gasteiger partial charge is 0.480 e. The van der Waals surface area contributed by atoms with Crippen LogP contribution >= 0.6 is 0 Å². The van der Waals surface area contributed by atoms with Crippen molar-refractivity contribution in [2.75, 3.05) is 19.8 Å². The number of fused-ring (bicyclic) bond motifs is 1. The highest BCUT2D eigenvalue weighted by Gasteiger charge is 2.39. The minimum absolute atomic E-state index is 0.0285. The van der Waals surface area contributed by atoms with Crippen LogP contribution in [0.5, 0.6) is 5.75 Å². The van der Waals surface area contributed by atoms with Crippen molar-refractivity contribution in [2.24, 2.45) is 0 Å². The van der Waals surface area contributed by atoms with Crippen molar-refractivity contribution < 1.29 is 24.2 Å². The number of amides is 1. The number of aliphatic carboxylic acids is 1. The normalized spacial score (nSPS) is 24.9. The molecule has 20 heavy (non-hydrogen) atoms. The van der Waals surface area contributed by atoms with E-state index in [4.69, 9.17) is 14.6 Å². The molecule has 1 aromatic carbocycles. The predicted octanol–water partition coefficient (Wildman–Crippen LogP) is 0.302. The van der Waals surface area contributed by atoms with Crippen LogP contribution in [0.25, 0.3) is 0 Å². The first-order valence-corrected chi connectivity index (χ1v) is 6.52. The summed E-state index contributed by atoms with van der Waals surface area (Å²) in [6.07, 6.45) is -0.147. The third-order valence-electron chi connectivity index (χ3n) is 3.62. The van der Waals surface area contributed by atoms with E-state index in [1.165, 1.54) is 4.90 Å². The molecule has 0 saturated carbocycles. The molecule has 1 amide bonds. The molecule has 1 aromatic rings. The first kappa shape index (κ1) is 12.9. The van der Waals surface area contributed by atoms with Gasteiger partial charge in [-0.25, -0.2) is 4.79 Å². The minimum atomic E-state index is -1.05. The molecule has 1 N–H and O–H groups in total. The van der Waals surface area contributed by atoms with E-state index in [-0.39, 0.29) is 19.1 Å².